The van der Waals surface area contributed by atoms with Crippen LogP contribution >= 0.6 is 0 Å². The fourth-order valence-corrected chi connectivity index (χ4v) is 3.61. The summed E-state index contributed by atoms with van der Waals surface area (Å²) < 4.78 is 5.54. The molecule has 1 aromatic heterocycles. The normalized spacial score (nSPS) is 26.3. The number of carbonyl (C=O) groups excluding carboxylic acids is 1. The van der Waals surface area contributed by atoms with Gasteiger partial charge in [0.15, 0.2) is 5.78 Å². The smallest absolute Gasteiger partial charge is 0.166 e. The number of ketones is 1. The first-order chi connectivity index (χ1) is 10.8. The Kier molecular flexibility index (Phi) is 3.30. The standard InChI is InChI=1S/C20H18O2/c21-20(15-8-3-4-9-15)18-13-16(19-10-5-11-22-19)12-17(18)14-6-1-2-7-14/h1-6,8,10-11,13,17-18H,7,9,12H2. The molecule has 22 heavy (non-hydrogen) atoms. The summed E-state index contributed by atoms with van der Waals surface area (Å²) in [4.78, 5) is 12.9. The van der Waals surface area contributed by atoms with Crippen molar-refractivity contribution in [1.29, 1.82) is 0 Å². The molecule has 2 unspecified atom stereocenters. The average molecular weight is 290 g/mol. The highest BCUT2D eigenvalue weighted by Gasteiger charge is 2.37. The van der Waals surface area contributed by atoms with Crippen molar-refractivity contribution in [2.45, 2.75) is 19.3 Å². The summed E-state index contributed by atoms with van der Waals surface area (Å²) in [6.07, 6.45) is 18.9. The van der Waals surface area contributed by atoms with Crippen molar-refractivity contribution >= 4 is 11.4 Å². The molecular formula is C20H18O2. The summed E-state index contributed by atoms with van der Waals surface area (Å²) in [5.41, 5.74) is 3.45. The van der Waals surface area contributed by atoms with Gasteiger partial charge in [0, 0.05) is 5.92 Å². The Morgan fingerprint density at radius 3 is 2.68 bits per heavy atom. The highest BCUT2D eigenvalue weighted by Crippen LogP contribution is 2.44. The van der Waals surface area contributed by atoms with Gasteiger partial charge in [-0.1, -0.05) is 48.1 Å². The maximum absolute atomic E-state index is 12.9. The van der Waals surface area contributed by atoms with E-state index in [0.29, 0.717) is 0 Å². The van der Waals surface area contributed by atoms with Gasteiger partial charge in [-0.3, -0.25) is 4.79 Å². The van der Waals surface area contributed by atoms with Crippen LogP contribution in [0.1, 0.15) is 25.0 Å². The van der Waals surface area contributed by atoms with Crippen molar-refractivity contribution in [3.8, 4) is 0 Å². The fraction of sp³-hybridized carbons (Fsp3) is 0.250. The van der Waals surface area contributed by atoms with E-state index in [1.54, 1.807) is 6.26 Å². The van der Waals surface area contributed by atoms with Crippen LogP contribution in [0.25, 0.3) is 5.57 Å². The number of furan rings is 1. The monoisotopic (exact) mass is 290 g/mol. The third kappa shape index (κ3) is 2.25. The topological polar surface area (TPSA) is 30.2 Å². The zero-order valence-corrected chi connectivity index (χ0v) is 12.4. The van der Waals surface area contributed by atoms with Crippen LogP contribution < -0.4 is 0 Å². The Bertz CT molecular complexity index is 739. The molecule has 4 rings (SSSR count). The molecule has 1 heterocycles. The van der Waals surface area contributed by atoms with Crippen LogP contribution in [0.2, 0.25) is 0 Å². The van der Waals surface area contributed by atoms with Gasteiger partial charge < -0.3 is 4.42 Å². The van der Waals surface area contributed by atoms with Crippen molar-refractivity contribution in [3.05, 3.63) is 77.8 Å². The highest BCUT2D eigenvalue weighted by molar-refractivity contribution is 6.01. The summed E-state index contributed by atoms with van der Waals surface area (Å²) in [6.45, 7) is 0. The number of Topliss-reactive ketones (excluding diaryl/α,β-unsaturated/α-hetero) is 1. The molecule has 2 atom stereocenters. The quantitative estimate of drug-likeness (QED) is 0.808. The second kappa shape index (κ2) is 5.45. The van der Waals surface area contributed by atoms with Gasteiger partial charge in [0.25, 0.3) is 0 Å². The Hall–Kier alpha value is -2.35. The lowest BCUT2D eigenvalue weighted by Gasteiger charge is -2.20. The van der Waals surface area contributed by atoms with Gasteiger partial charge in [-0.2, -0.15) is 0 Å². The van der Waals surface area contributed by atoms with Crippen LogP contribution in [0.4, 0.5) is 0 Å². The molecule has 2 nitrogen and oxygen atoms in total. The van der Waals surface area contributed by atoms with Crippen molar-refractivity contribution in [2.75, 3.05) is 0 Å². The number of rotatable bonds is 4. The van der Waals surface area contributed by atoms with Gasteiger partial charge in [0.2, 0.25) is 0 Å². The summed E-state index contributed by atoms with van der Waals surface area (Å²) in [5.74, 6) is 1.37. The van der Waals surface area contributed by atoms with Gasteiger partial charge >= 0.3 is 0 Å². The molecule has 3 aliphatic rings. The molecule has 2 heteroatoms. The summed E-state index contributed by atoms with van der Waals surface area (Å²) in [6, 6.07) is 3.88. The SMILES string of the molecule is O=C(C1=CC=CC1)C1C=C(c2ccco2)CC1C1=CC=CC1. The molecule has 0 spiro atoms. The molecule has 110 valence electrons. The van der Waals surface area contributed by atoms with Crippen LogP contribution in [0.15, 0.2) is 76.5 Å². The summed E-state index contributed by atoms with van der Waals surface area (Å²) in [5, 5.41) is 0. The maximum atomic E-state index is 12.9. The van der Waals surface area contributed by atoms with Crippen molar-refractivity contribution in [1.82, 2.24) is 0 Å². The molecular weight excluding hydrogens is 272 g/mol. The van der Waals surface area contributed by atoms with Crippen LogP contribution in [0, 0.1) is 11.8 Å². The summed E-state index contributed by atoms with van der Waals surface area (Å²) in [7, 11) is 0. The van der Waals surface area contributed by atoms with E-state index in [1.807, 2.05) is 30.4 Å². The Labute approximate surface area is 130 Å². The van der Waals surface area contributed by atoms with E-state index in [4.69, 9.17) is 4.42 Å². The van der Waals surface area contributed by atoms with Gasteiger partial charge in [-0.05, 0) is 48.5 Å². The van der Waals surface area contributed by atoms with Crippen molar-refractivity contribution in [3.63, 3.8) is 0 Å². The maximum Gasteiger partial charge on any atom is 0.166 e. The molecule has 0 radical (unpaired) electrons. The predicted molar refractivity (Wildman–Crippen MR) is 87.0 cm³/mol. The van der Waals surface area contributed by atoms with E-state index in [2.05, 4.69) is 24.3 Å². The number of allylic oxidation sites excluding steroid dienone is 10. The minimum atomic E-state index is -0.0580. The van der Waals surface area contributed by atoms with Gasteiger partial charge in [-0.25, -0.2) is 0 Å². The number of hydrogen-bond donors (Lipinski definition) is 0. The molecule has 0 amide bonds. The number of carbonyl (C=O) groups is 1. The van der Waals surface area contributed by atoms with Crippen molar-refractivity contribution in [2.24, 2.45) is 11.8 Å². The molecule has 3 aliphatic carbocycles. The average Bonchev–Trinajstić information content (AvgIpc) is 3.35. The lowest BCUT2D eigenvalue weighted by molar-refractivity contribution is -0.118. The minimum Gasteiger partial charge on any atom is -0.465 e. The van der Waals surface area contributed by atoms with Gasteiger partial charge in [-0.15, -0.1) is 0 Å². The van der Waals surface area contributed by atoms with Crippen LogP contribution in [-0.2, 0) is 4.79 Å². The first-order valence-electron chi connectivity index (χ1n) is 7.83. The number of hydrogen-bond acceptors (Lipinski definition) is 2. The predicted octanol–water partition coefficient (Wildman–Crippen LogP) is 4.64. The lowest BCUT2D eigenvalue weighted by atomic mass is 9.82. The largest absolute Gasteiger partial charge is 0.465 e. The van der Waals surface area contributed by atoms with Gasteiger partial charge in [0.1, 0.15) is 5.76 Å². The Morgan fingerprint density at radius 2 is 2.00 bits per heavy atom. The first-order valence-corrected chi connectivity index (χ1v) is 7.83. The van der Waals surface area contributed by atoms with E-state index in [1.165, 1.54) is 5.57 Å². The Morgan fingerprint density at radius 1 is 1.14 bits per heavy atom. The van der Waals surface area contributed by atoms with E-state index in [-0.39, 0.29) is 17.6 Å². The van der Waals surface area contributed by atoms with E-state index >= 15 is 0 Å². The van der Waals surface area contributed by atoms with E-state index < -0.39 is 0 Å². The molecule has 1 aromatic rings. The lowest BCUT2D eigenvalue weighted by Crippen LogP contribution is -2.21. The molecule has 0 aromatic carbocycles. The van der Waals surface area contributed by atoms with Gasteiger partial charge in [0.05, 0.1) is 6.26 Å². The molecule has 0 bridgehead atoms. The third-order valence-electron chi connectivity index (χ3n) is 4.76. The summed E-state index contributed by atoms with van der Waals surface area (Å²) >= 11 is 0. The molecule has 0 saturated carbocycles. The second-order valence-electron chi connectivity index (χ2n) is 6.07. The molecule has 0 aliphatic heterocycles. The van der Waals surface area contributed by atoms with Crippen molar-refractivity contribution < 1.29 is 9.21 Å². The van der Waals surface area contributed by atoms with E-state index in [9.17, 15) is 4.79 Å². The van der Waals surface area contributed by atoms with Crippen LogP contribution in [0.5, 0.6) is 0 Å². The first kappa shape index (κ1) is 13.3. The molecule has 0 saturated heterocycles. The van der Waals surface area contributed by atoms with Crippen LogP contribution in [-0.4, -0.2) is 5.78 Å². The minimum absolute atomic E-state index is 0.0580. The molecule has 0 fully saturated rings. The molecule has 0 N–H and O–H groups in total. The van der Waals surface area contributed by atoms with Crippen LogP contribution in [0.3, 0.4) is 0 Å². The highest BCUT2D eigenvalue weighted by atomic mass is 16.3. The third-order valence-corrected chi connectivity index (χ3v) is 4.76. The Balaban J connectivity index is 1.65. The zero-order chi connectivity index (χ0) is 14.9. The fourth-order valence-electron chi connectivity index (χ4n) is 3.61. The van der Waals surface area contributed by atoms with E-state index in [0.717, 1.165) is 36.2 Å². The zero-order valence-electron chi connectivity index (χ0n) is 12.4. The second-order valence-corrected chi connectivity index (χ2v) is 6.07.